The van der Waals surface area contributed by atoms with E-state index >= 15 is 0 Å². The molecule has 5 rings (SSSR count). The Morgan fingerprint density at radius 1 is 1.00 bits per heavy atom. The molecular formula is C21H21N5OS. The molecule has 6 nitrogen and oxygen atoms in total. The molecule has 1 unspecified atom stereocenters. The third-order valence-electron chi connectivity index (χ3n) is 5.22. The number of aromatic amines is 1. The molecule has 0 bridgehead atoms. The molecule has 7 heteroatoms. The van der Waals surface area contributed by atoms with Gasteiger partial charge < -0.3 is 4.90 Å². The molecule has 4 aromatic rings. The lowest BCUT2D eigenvalue weighted by atomic mass is 10.1. The first-order chi connectivity index (χ1) is 13.8. The summed E-state index contributed by atoms with van der Waals surface area (Å²) in [5.74, 6) is 0.859. The Morgan fingerprint density at radius 3 is 2.57 bits per heavy atom. The molecule has 0 radical (unpaired) electrons. The normalized spacial score (nSPS) is 15.9. The molecule has 2 aromatic carbocycles. The van der Waals surface area contributed by atoms with Gasteiger partial charge in [0.05, 0.1) is 11.0 Å². The number of rotatable bonds is 4. The van der Waals surface area contributed by atoms with Crippen molar-refractivity contribution in [1.29, 1.82) is 0 Å². The van der Waals surface area contributed by atoms with Crippen LogP contribution in [-0.2, 0) is 4.79 Å². The number of carbonyl (C=O) groups excluding carboxylic acids is 1. The number of nitrogens with one attached hydrogen (secondary N) is 1. The van der Waals surface area contributed by atoms with Gasteiger partial charge in [-0.1, -0.05) is 54.2 Å². The number of thioether (sulfide) groups is 1. The minimum absolute atomic E-state index is 0.163. The molecule has 2 aromatic heterocycles. The molecular weight excluding hydrogens is 370 g/mol. The maximum Gasteiger partial charge on any atom is 0.240 e. The van der Waals surface area contributed by atoms with E-state index in [0.29, 0.717) is 5.78 Å². The SMILES string of the molecule is O=C(C(Sc1n[nH]c2nc3ccccc3n12)c1ccccc1)N1CCCCC1. The van der Waals surface area contributed by atoms with E-state index in [0.717, 1.165) is 47.7 Å². The van der Waals surface area contributed by atoms with Crippen LogP contribution in [0.5, 0.6) is 0 Å². The van der Waals surface area contributed by atoms with Gasteiger partial charge in [-0.25, -0.2) is 10.1 Å². The Morgan fingerprint density at radius 2 is 1.75 bits per heavy atom. The van der Waals surface area contributed by atoms with Crippen molar-refractivity contribution >= 4 is 34.5 Å². The van der Waals surface area contributed by atoms with Gasteiger partial charge >= 0.3 is 0 Å². The summed E-state index contributed by atoms with van der Waals surface area (Å²) in [7, 11) is 0. The molecule has 1 amide bonds. The molecule has 1 atom stereocenters. The number of benzene rings is 2. The van der Waals surface area contributed by atoms with Crippen molar-refractivity contribution in [2.75, 3.05) is 13.1 Å². The molecule has 1 aliphatic rings. The third kappa shape index (κ3) is 3.05. The topological polar surface area (TPSA) is 66.3 Å². The van der Waals surface area contributed by atoms with Crippen LogP contribution in [-0.4, -0.2) is 43.5 Å². The standard InChI is InChI=1S/C21H21N5OS/c27-19(25-13-7-2-8-14-25)18(15-9-3-1-4-10-15)28-21-24-23-20-22-16-11-5-6-12-17(16)26(20)21/h1,3-6,9-12,18H,2,7-8,13-14H2,(H,22,23). The first kappa shape index (κ1) is 17.3. The predicted octanol–water partition coefficient (Wildman–Crippen LogP) is 4.06. The van der Waals surface area contributed by atoms with E-state index in [1.165, 1.54) is 18.2 Å². The highest BCUT2D eigenvalue weighted by atomic mass is 32.2. The fraction of sp³-hybridized carbons (Fsp3) is 0.286. The lowest BCUT2D eigenvalue weighted by molar-refractivity contribution is -0.131. The molecule has 0 saturated carbocycles. The van der Waals surface area contributed by atoms with E-state index < -0.39 is 0 Å². The Labute approximate surface area is 166 Å². The van der Waals surface area contributed by atoms with E-state index in [1.54, 1.807) is 0 Å². The summed E-state index contributed by atoms with van der Waals surface area (Å²) in [5, 5.41) is 7.90. The van der Waals surface area contributed by atoms with Crippen LogP contribution in [0.2, 0.25) is 0 Å². The van der Waals surface area contributed by atoms with E-state index in [2.05, 4.69) is 15.2 Å². The van der Waals surface area contributed by atoms with Crippen molar-refractivity contribution in [2.45, 2.75) is 29.7 Å². The average molecular weight is 392 g/mol. The zero-order valence-electron chi connectivity index (χ0n) is 15.4. The number of hydrogen-bond acceptors (Lipinski definition) is 4. The second-order valence-corrected chi connectivity index (χ2v) is 8.13. The van der Waals surface area contributed by atoms with E-state index in [4.69, 9.17) is 0 Å². The van der Waals surface area contributed by atoms with Gasteiger partial charge in [0.25, 0.3) is 0 Å². The summed E-state index contributed by atoms with van der Waals surface area (Å²) in [6, 6.07) is 18.0. The van der Waals surface area contributed by atoms with Crippen LogP contribution in [0.3, 0.4) is 0 Å². The van der Waals surface area contributed by atoms with Crippen LogP contribution in [0.15, 0.2) is 59.8 Å². The van der Waals surface area contributed by atoms with Gasteiger partial charge in [-0.2, -0.15) is 0 Å². The smallest absolute Gasteiger partial charge is 0.240 e. The number of para-hydroxylation sites is 2. The number of carbonyl (C=O) groups is 1. The Balaban J connectivity index is 1.55. The zero-order chi connectivity index (χ0) is 18.9. The largest absolute Gasteiger partial charge is 0.341 e. The van der Waals surface area contributed by atoms with Crippen LogP contribution in [0.1, 0.15) is 30.1 Å². The Bertz CT molecular complexity index is 1110. The molecule has 1 saturated heterocycles. The number of imidazole rings is 1. The Kier molecular flexibility index (Phi) is 4.52. The van der Waals surface area contributed by atoms with Gasteiger partial charge in [0.1, 0.15) is 5.25 Å². The maximum absolute atomic E-state index is 13.4. The van der Waals surface area contributed by atoms with Crippen molar-refractivity contribution in [3.63, 3.8) is 0 Å². The maximum atomic E-state index is 13.4. The summed E-state index contributed by atoms with van der Waals surface area (Å²) in [6.07, 6.45) is 3.36. The lowest BCUT2D eigenvalue weighted by Gasteiger charge is -2.30. The summed E-state index contributed by atoms with van der Waals surface area (Å²) in [5.41, 5.74) is 2.91. The fourth-order valence-corrected chi connectivity index (χ4v) is 4.94. The van der Waals surface area contributed by atoms with E-state index in [9.17, 15) is 4.79 Å². The van der Waals surface area contributed by atoms with Gasteiger partial charge in [-0.15, -0.1) is 5.10 Å². The molecule has 3 heterocycles. The molecule has 0 aliphatic carbocycles. The molecule has 142 valence electrons. The van der Waals surface area contributed by atoms with Crippen molar-refractivity contribution in [2.24, 2.45) is 0 Å². The fourth-order valence-electron chi connectivity index (χ4n) is 3.80. The summed E-state index contributed by atoms with van der Waals surface area (Å²) in [4.78, 5) is 20.0. The summed E-state index contributed by atoms with van der Waals surface area (Å²) >= 11 is 1.49. The van der Waals surface area contributed by atoms with Crippen molar-refractivity contribution in [3.8, 4) is 0 Å². The minimum Gasteiger partial charge on any atom is -0.341 e. The summed E-state index contributed by atoms with van der Waals surface area (Å²) < 4.78 is 2.00. The van der Waals surface area contributed by atoms with E-state index in [-0.39, 0.29) is 11.2 Å². The second-order valence-electron chi connectivity index (χ2n) is 7.06. The average Bonchev–Trinajstić information content (AvgIpc) is 3.32. The van der Waals surface area contributed by atoms with Gasteiger partial charge in [0.15, 0.2) is 5.16 Å². The first-order valence-corrected chi connectivity index (χ1v) is 10.5. The molecule has 1 fully saturated rings. The number of likely N-dealkylation sites (tertiary alicyclic amines) is 1. The van der Waals surface area contributed by atoms with Crippen LogP contribution >= 0.6 is 11.8 Å². The van der Waals surface area contributed by atoms with Crippen LogP contribution in [0.25, 0.3) is 16.8 Å². The van der Waals surface area contributed by atoms with E-state index in [1.807, 2.05) is 63.9 Å². The number of nitrogens with zero attached hydrogens (tertiary/aromatic N) is 4. The molecule has 1 aliphatic heterocycles. The van der Waals surface area contributed by atoms with Crippen molar-refractivity contribution in [1.82, 2.24) is 24.5 Å². The second kappa shape index (κ2) is 7.31. The lowest BCUT2D eigenvalue weighted by Crippen LogP contribution is -2.38. The predicted molar refractivity (Wildman–Crippen MR) is 110 cm³/mol. The zero-order valence-corrected chi connectivity index (χ0v) is 16.2. The number of aromatic nitrogens is 4. The highest BCUT2D eigenvalue weighted by Crippen LogP contribution is 2.37. The van der Waals surface area contributed by atoms with Crippen molar-refractivity contribution < 1.29 is 4.79 Å². The minimum atomic E-state index is -0.327. The first-order valence-electron chi connectivity index (χ1n) is 9.63. The van der Waals surface area contributed by atoms with Gasteiger partial charge in [-0.3, -0.25) is 9.20 Å². The quantitative estimate of drug-likeness (QED) is 0.533. The highest BCUT2D eigenvalue weighted by Gasteiger charge is 2.29. The molecule has 0 spiro atoms. The molecule has 1 N–H and O–H groups in total. The number of amides is 1. The van der Waals surface area contributed by atoms with Gasteiger partial charge in [0.2, 0.25) is 11.7 Å². The van der Waals surface area contributed by atoms with Crippen molar-refractivity contribution in [3.05, 3.63) is 60.2 Å². The van der Waals surface area contributed by atoms with Crippen LogP contribution < -0.4 is 0 Å². The van der Waals surface area contributed by atoms with Crippen LogP contribution in [0, 0.1) is 0 Å². The number of hydrogen-bond donors (Lipinski definition) is 1. The van der Waals surface area contributed by atoms with Crippen LogP contribution in [0.4, 0.5) is 0 Å². The Hall–Kier alpha value is -2.80. The van der Waals surface area contributed by atoms with Gasteiger partial charge in [-0.05, 0) is 37.0 Å². The third-order valence-corrected chi connectivity index (χ3v) is 6.42. The van der Waals surface area contributed by atoms with Gasteiger partial charge in [0, 0.05) is 13.1 Å². The number of piperidine rings is 1. The highest BCUT2D eigenvalue weighted by molar-refractivity contribution is 8.00. The molecule has 28 heavy (non-hydrogen) atoms. The number of H-pyrrole nitrogens is 1. The number of fused-ring (bicyclic) bond motifs is 3. The summed E-state index contributed by atoms with van der Waals surface area (Å²) in [6.45, 7) is 1.68. The monoisotopic (exact) mass is 391 g/mol.